The second kappa shape index (κ2) is 6.61. The highest BCUT2D eigenvalue weighted by atomic mass is 32.2. The molecule has 3 rings (SSSR count). The van der Waals surface area contributed by atoms with Crippen molar-refractivity contribution in [1.82, 2.24) is 9.62 Å². The van der Waals surface area contributed by atoms with Crippen LogP contribution in [0.3, 0.4) is 0 Å². The first-order valence-electron chi connectivity index (χ1n) is 8.34. The van der Waals surface area contributed by atoms with Gasteiger partial charge in [-0.05, 0) is 31.7 Å². The highest BCUT2D eigenvalue weighted by molar-refractivity contribution is 7.89. The number of nitrogens with one attached hydrogen (secondary N) is 1. The lowest BCUT2D eigenvalue weighted by molar-refractivity contribution is -0.126. The van der Waals surface area contributed by atoms with E-state index in [1.54, 1.807) is 6.92 Å². The molecule has 1 aliphatic carbocycles. The Labute approximate surface area is 138 Å². The lowest BCUT2D eigenvalue weighted by Crippen LogP contribution is -2.44. The zero-order valence-corrected chi connectivity index (χ0v) is 14.3. The van der Waals surface area contributed by atoms with Gasteiger partial charge >= 0.3 is 0 Å². The van der Waals surface area contributed by atoms with Gasteiger partial charge in [0.2, 0.25) is 15.9 Å². The predicted molar refractivity (Wildman–Crippen MR) is 89.5 cm³/mol. The van der Waals surface area contributed by atoms with Crippen LogP contribution in [0.4, 0.5) is 0 Å². The Bertz CT molecular complexity index is 652. The number of rotatable bonds is 5. The average molecular weight is 336 g/mol. The zero-order chi connectivity index (χ0) is 16.4. The van der Waals surface area contributed by atoms with Crippen molar-refractivity contribution in [2.75, 3.05) is 18.8 Å². The molecule has 0 spiro atoms. The lowest BCUT2D eigenvalue weighted by Gasteiger charge is -2.30. The molecule has 1 aromatic carbocycles. The predicted octanol–water partition coefficient (Wildman–Crippen LogP) is 1.72. The summed E-state index contributed by atoms with van der Waals surface area (Å²) in [4.78, 5) is 12.4. The van der Waals surface area contributed by atoms with Crippen molar-refractivity contribution >= 4 is 15.9 Å². The normalized spacial score (nSPS) is 26.0. The first kappa shape index (κ1) is 16.5. The molecule has 1 heterocycles. The SMILES string of the molecule is CCS(=O)(=O)N1CCC(C(=O)N[C@H]2C[C@H]2c2ccccc2)CC1. The molecule has 1 aromatic rings. The van der Waals surface area contributed by atoms with Crippen molar-refractivity contribution in [3.05, 3.63) is 35.9 Å². The molecule has 6 heteroatoms. The fraction of sp³-hybridized carbons (Fsp3) is 0.588. The van der Waals surface area contributed by atoms with Crippen LogP contribution in [-0.2, 0) is 14.8 Å². The molecule has 2 fully saturated rings. The Morgan fingerprint density at radius 2 is 1.87 bits per heavy atom. The largest absolute Gasteiger partial charge is 0.352 e. The summed E-state index contributed by atoms with van der Waals surface area (Å²) in [6, 6.07) is 10.5. The molecule has 0 bridgehead atoms. The number of carbonyl (C=O) groups is 1. The summed E-state index contributed by atoms with van der Waals surface area (Å²) >= 11 is 0. The van der Waals surface area contributed by atoms with Crippen LogP contribution in [0.25, 0.3) is 0 Å². The van der Waals surface area contributed by atoms with Gasteiger partial charge in [0.05, 0.1) is 5.75 Å². The molecule has 1 amide bonds. The molecule has 5 nitrogen and oxygen atoms in total. The summed E-state index contributed by atoms with van der Waals surface area (Å²) in [6.45, 7) is 2.58. The lowest BCUT2D eigenvalue weighted by atomic mass is 9.97. The van der Waals surface area contributed by atoms with Crippen LogP contribution in [0.15, 0.2) is 30.3 Å². The molecule has 23 heavy (non-hydrogen) atoms. The van der Waals surface area contributed by atoms with E-state index in [1.807, 2.05) is 18.2 Å². The Balaban J connectivity index is 1.48. The second-order valence-corrected chi connectivity index (χ2v) is 8.70. The third-order valence-electron chi connectivity index (χ3n) is 4.93. The van der Waals surface area contributed by atoms with Crippen molar-refractivity contribution in [1.29, 1.82) is 0 Å². The number of sulfonamides is 1. The summed E-state index contributed by atoms with van der Waals surface area (Å²) < 4.78 is 25.2. The van der Waals surface area contributed by atoms with Crippen molar-refractivity contribution in [3.63, 3.8) is 0 Å². The van der Waals surface area contributed by atoms with E-state index in [9.17, 15) is 13.2 Å². The maximum absolute atomic E-state index is 12.4. The molecule has 2 aliphatic rings. The minimum Gasteiger partial charge on any atom is -0.352 e. The zero-order valence-electron chi connectivity index (χ0n) is 13.4. The van der Waals surface area contributed by atoms with Crippen LogP contribution in [0.2, 0.25) is 0 Å². The van der Waals surface area contributed by atoms with Gasteiger partial charge in [-0.15, -0.1) is 0 Å². The van der Waals surface area contributed by atoms with E-state index in [1.165, 1.54) is 9.87 Å². The smallest absolute Gasteiger partial charge is 0.223 e. The standard InChI is InChI=1S/C17H24N2O3S/c1-2-23(21,22)19-10-8-14(9-11-19)17(20)18-16-12-15(16)13-6-4-3-5-7-13/h3-7,14-16H,2,8-12H2,1H3,(H,18,20)/t15-,16-/m0/s1. The van der Waals surface area contributed by atoms with Crippen LogP contribution in [0.1, 0.15) is 37.7 Å². The van der Waals surface area contributed by atoms with Crippen molar-refractivity contribution in [2.24, 2.45) is 5.92 Å². The van der Waals surface area contributed by atoms with E-state index in [-0.39, 0.29) is 23.6 Å². The number of hydrogen-bond donors (Lipinski definition) is 1. The number of amides is 1. The topological polar surface area (TPSA) is 66.5 Å². The van der Waals surface area contributed by atoms with Crippen molar-refractivity contribution < 1.29 is 13.2 Å². The summed E-state index contributed by atoms with van der Waals surface area (Å²) in [5, 5.41) is 3.13. The first-order valence-corrected chi connectivity index (χ1v) is 9.95. The van der Waals surface area contributed by atoms with Gasteiger partial charge in [-0.1, -0.05) is 30.3 Å². The number of carbonyl (C=O) groups excluding carboxylic acids is 1. The second-order valence-electron chi connectivity index (χ2n) is 6.44. The van der Waals surface area contributed by atoms with Gasteiger partial charge < -0.3 is 5.32 Å². The fourth-order valence-corrected chi connectivity index (χ4v) is 4.43. The molecular weight excluding hydrogens is 312 g/mol. The van der Waals surface area contributed by atoms with E-state index < -0.39 is 10.0 Å². The van der Waals surface area contributed by atoms with Gasteiger partial charge in [0.15, 0.2) is 0 Å². The summed E-state index contributed by atoms with van der Waals surface area (Å²) in [7, 11) is -3.12. The Morgan fingerprint density at radius 1 is 1.22 bits per heavy atom. The van der Waals surface area contributed by atoms with Gasteiger partial charge in [-0.3, -0.25) is 4.79 Å². The molecule has 1 saturated carbocycles. The van der Waals surface area contributed by atoms with E-state index >= 15 is 0 Å². The van der Waals surface area contributed by atoms with Gasteiger partial charge in [-0.25, -0.2) is 12.7 Å². The molecule has 0 unspecified atom stereocenters. The van der Waals surface area contributed by atoms with Crippen molar-refractivity contribution in [3.8, 4) is 0 Å². The summed E-state index contributed by atoms with van der Waals surface area (Å²) in [5.41, 5.74) is 1.28. The van der Waals surface area contributed by atoms with Crippen molar-refractivity contribution in [2.45, 2.75) is 38.1 Å². The molecule has 2 atom stereocenters. The molecule has 0 aromatic heterocycles. The highest BCUT2D eigenvalue weighted by Crippen LogP contribution is 2.40. The average Bonchev–Trinajstić information content (AvgIpc) is 3.35. The van der Waals surface area contributed by atoms with Crippen LogP contribution in [-0.4, -0.2) is 43.5 Å². The Morgan fingerprint density at radius 3 is 2.48 bits per heavy atom. The molecule has 1 saturated heterocycles. The van der Waals surface area contributed by atoms with Crippen LogP contribution >= 0.6 is 0 Å². The Kier molecular flexibility index (Phi) is 4.73. The van der Waals surface area contributed by atoms with Crippen LogP contribution in [0.5, 0.6) is 0 Å². The molecule has 1 aliphatic heterocycles. The highest BCUT2D eigenvalue weighted by Gasteiger charge is 2.41. The quantitative estimate of drug-likeness (QED) is 0.890. The molecular formula is C17H24N2O3S. The minimum atomic E-state index is -3.12. The first-order chi connectivity index (χ1) is 11.0. The number of piperidine rings is 1. The number of benzene rings is 1. The van der Waals surface area contributed by atoms with Crippen LogP contribution < -0.4 is 5.32 Å². The van der Waals surface area contributed by atoms with E-state index in [0.29, 0.717) is 31.8 Å². The van der Waals surface area contributed by atoms with E-state index in [4.69, 9.17) is 0 Å². The van der Waals surface area contributed by atoms with Gasteiger partial charge in [-0.2, -0.15) is 0 Å². The van der Waals surface area contributed by atoms with Gasteiger partial charge in [0.25, 0.3) is 0 Å². The summed E-state index contributed by atoms with van der Waals surface area (Å²) in [6.07, 6.45) is 2.24. The van der Waals surface area contributed by atoms with E-state index in [2.05, 4.69) is 17.4 Å². The third kappa shape index (κ3) is 3.75. The number of nitrogens with zero attached hydrogens (tertiary/aromatic N) is 1. The molecule has 0 radical (unpaired) electrons. The van der Waals surface area contributed by atoms with Gasteiger partial charge in [0, 0.05) is 31.0 Å². The van der Waals surface area contributed by atoms with Gasteiger partial charge in [0.1, 0.15) is 0 Å². The number of hydrogen-bond acceptors (Lipinski definition) is 3. The monoisotopic (exact) mass is 336 g/mol. The molecule has 126 valence electrons. The maximum Gasteiger partial charge on any atom is 0.223 e. The summed E-state index contributed by atoms with van der Waals surface area (Å²) in [5.74, 6) is 0.586. The third-order valence-corrected chi connectivity index (χ3v) is 6.81. The maximum atomic E-state index is 12.4. The minimum absolute atomic E-state index is 0.0599. The van der Waals surface area contributed by atoms with E-state index in [0.717, 1.165) is 6.42 Å². The fourth-order valence-electron chi connectivity index (χ4n) is 3.30. The Hall–Kier alpha value is -1.40. The van der Waals surface area contributed by atoms with Crippen LogP contribution in [0, 0.1) is 5.92 Å². The molecule has 1 N–H and O–H groups in total.